The number of ether oxygens (including phenoxy) is 2. The summed E-state index contributed by atoms with van der Waals surface area (Å²) in [5, 5.41) is 6.05. The molecule has 0 bridgehead atoms. The number of thiazole rings is 1. The third kappa shape index (κ3) is 4.57. The summed E-state index contributed by atoms with van der Waals surface area (Å²) in [7, 11) is 0. The summed E-state index contributed by atoms with van der Waals surface area (Å²) in [6, 6.07) is 7.77. The molecule has 3 rings (SSSR count). The molecule has 2 unspecified atom stereocenters. The maximum atomic E-state index is 12.1. The molecule has 1 saturated heterocycles. The Morgan fingerprint density at radius 1 is 1.35 bits per heavy atom. The van der Waals surface area contributed by atoms with Crippen LogP contribution in [0.2, 0.25) is 0 Å². The summed E-state index contributed by atoms with van der Waals surface area (Å²) < 4.78 is 11.1. The summed E-state index contributed by atoms with van der Waals surface area (Å²) in [5.74, 6) is 0.734. The highest BCUT2D eigenvalue weighted by Crippen LogP contribution is 2.42. The summed E-state index contributed by atoms with van der Waals surface area (Å²) >= 11 is 1.52. The molecule has 2 heterocycles. The molecule has 1 aromatic carbocycles. The molecular formula is C19H25BrN2O3S. The molecular weight excluding hydrogens is 416 g/mol. The van der Waals surface area contributed by atoms with Gasteiger partial charge in [-0.15, -0.1) is 28.3 Å². The molecule has 2 atom stereocenters. The lowest BCUT2D eigenvalue weighted by atomic mass is 9.91. The van der Waals surface area contributed by atoms with Crippen molar-refractivity contribution >= 4 is 45.1 Å². The topological polar surface area (TPSA) is 60.4 Å². The average molecular weight is 441 g/mol. The van der Waals surface area contributed by atoms with Gasteiger partial charge in [-0.2, -0.15) is 0 Å². The largest absolute Gasteiger partial charge is 0.494 e. The van der Waals surface area contributed by atoms with Crippen LogP contribution in [0.25, 0.3) is 0 Å². The van der Waals surface area contributed by atoms with Crippen molar-refractivity contribution < 1.29 is 14.3 Å². The second kappa shape index (κ2) is 8.86. The highest BCUT2D eigenvalue weighted by molar-refractivity contribution is 8.93. The first-order chi connectivity index (χ1) is 12.0. The average Bonchev–Trinajstić information content (AvgIpc) is 3.16. The molecule has 7 heteroatoms. The number of halogens is 1. The quantitative estimate of drug-likeness (QED) is 0.580. The zero-order valence-electron chi connectivity index (χ0n) is 15.3. The number of cyclic esters (lactones) is 1. The van der Waals surface area contributed by atoms with Crippen molar-refractivity contribution in [1.29, 1.82) is 0 Å². The first kappa shape index (κ1) is 20.7. The van der Waals surface area contributed by atoms with Crippen molar-refractivity contribution in [3.63, 3.8) is 0 Å². The molecule has 5 nitrogen and oxygen atoms in total. The van der Waals surface area contributed by atoms with Crippen LogP contribution < -0.4 is 10.1 Å². The lowest BCUT2D eigenvalue weighted by Gasteiger charge is -2.19. The van der Waals surface area contributed by atoms with Crippen molar-refractivity contribution in [1.82, 2.24) is 4.98 Å². The third-order valence-electron chi connectivity index (χ3n) is 4.39. The van der Waals surface area contributed by atoms with E-state index in [1.807, 2.05) is 43.5 Å². The highest BCUT2D eigenvalue weighted by Gasteiger charge is 2.45. The van der Waals surface area contributed by atoms with E-state index in [2.05, 4.69) is 17.2 Å². The molecule has 0 aliphatic carbocycles. The number of benzene rings is 1. The Balaban J connectivity index is 0.00000243. The summed E-state index contributed by atoms with van der Waals surface area (Å²) in [6.07, 6.45) is 2.55. The van der Waals surface area contributed by atoms with E-state index >= 15 is 0 Å². The van der Waals surface area contributed by atoms with Gasteiger partial charge in [0.15, 0.2) is 10.7 Å². The fourth-order valence-corrected chi connectivity index (χ4v) is 3.98. The maximum absolute atomic E-state index is 12.1. The van der Waals surface area contributed by atoms with Crippen LogP contribution in [0.15, 0.2) is 29.6 Å². The standard InChI is InChI=1S/C19H24N2O3S.BrH/c1-4-6-13-11-19(3,24-17(13)22)16-12-25-18(21-16)20-14-7-9-15(10-8-14)23-5-2;/h7-10,12-13H,4-6,11H2,1-3H3,(H,20,21);1H. The van der Waals surface area contributed by atoms with Gasteiger partial charge in [0, 0.05) is 17.5 Å². The minimum atomic E-state index is -0.619. The van der Waals surface area contributed by atoms with E-state index in [1.165, 1.54) is 11.3 Å². The van der Waals surface area contributed by atoms with Gasteiger partial charge >= 0.3 is 5.97 Å². The molecule has 26 heavy (non-hydrogen) atoms. The Hall–Kier alpha value is -1.60. The van der Waals surface area contributed by atoms with Gasteiger partial charge in [0.25, 0.3) is 0 Å². The van der Waals surface area contributed by atoms with Crippen LogP contribution in [-0.4, -0.2) is 17.6 Å². The smallest absolute Gasteiger partial charge is 0.310 e. The van der Waals surface area contributed by atoms with Crippen molar-refractivity contribution in [2.75, 3.05) is 11.9 Å². The van der Waals surface area contributed by atoms with E-state index in [9.17, 15) is 4.79 Å². The second-order valence-electron chi connectivity index (χ2n) is 6.46. The van der Waals surface area contributed by atoms with Crippen LogP contribution in [-0.2, 0) is 15.1 Å². The normalized spacial score (nSPS) is 21.8. The van der Waals surface area contributed by atoms with Crippen molar-refractivity contribution in [3.8, 4) is 5.75 Å². The predicted molar refractivity (Wildman–Crippen MR) is 110 cm³/mol. The van der Waals surface area contributed by atoms with Gasteiger partial charge in [0.2, 0.25) is 0 Å². The molecule has 0 amide bonds. The maximum Gasteiger partial charge on any atom is 0.310 e. The number of hydrogen-bond acceptors (Lipinski definition) is 6. The molecule has 0 saturated carbocycles. The molecule has 1 aliphatic rings. The first-order valence-corrected chi connectivity index (χ1v) is 9.60. The van der Waals surface area contributed by atoms with E-state index in [0.29, 0.717) is 13.0 Å². The lowest BCUT2D eigenvalue weighted by molar-refractivity contribution is -0.150. The Morgan fingerprint density at radius 3 is 2.73 bits per heavy atom. The lowest BCUT2D eigenvalue weighted by Crippen LogP contribution is -2.21. The number of rotatable bonds is 7. The molecule has 142 valence electrons. The second-order valence-corrected chi connectivity index (χ2v) is 7.32. The van der Waals surface area contributed by atoms with Crippen LogP contribution in [0.1, 0.15) is 45.7 Å². The van der Waals surface area contributed by atoms with Gasteiger partial charge in [-0.05, 0) is 44.5 Å². The van der Waals surface area contributed by atoms with E-state index < -0.39 is 5.60 Å². The Labute approximate surface area is 168 Å². The molecule has 0 radical (unpaired) electrons. The predicted octanol–water partition coefficient (Wildman–Crippen LogP) is 5.44. The number of hydrogen-bond donors (Lipinski definition) is 1. The number of anilines is 2. The van der Waals surface area contributed by atoms with Crippen LogP contribution in [0, 0.1) is 5.92 Å². The van der Waals surface area contributed by atoms with Crippen molar-refractivity contribution in [3.05, 3.63) is 35.3 Å². The molecule has 1 N–H and O–H groups in total. The number of nitrogens with one attached hydrogen (secondary N) is 1. The zero-order chi connectivity index (χ0) is 17.9. The zero-order valence-corrected chi connectivity index (χ0v) is 17.8. The third-order valence-corrected chi connectivity index (χ3v) is 5.15. The SMILES string of the molecule is Br.CCCC1CC(C)(c2csc(Nc3ccc(OCC)cc3)n2)OC1=O. The van der Waals surface area contributed by atoms with Gasteiger partial charge in [-0.25, -0.2) is 4.98 Å². The van der Waals surface area contributed by atoms with Crippen LogP contribution in [0.4, 0.5) is 10.8 Å². The molecule has 2 aromatic rings. The van der Waals surface area contributed by atoms with E-state index in [-0.39, 0.29) is 28.9 Å². The van der Waals surface area contributed by atoms with Gasteiger partial charge in [0.1, 0.15) is 5.75 Å². The molecule has 1 aromatic heterocycles. The van der Waals surface area contributed by atoms with E-state index in [0.717, 1.165) is 35.1 Å². The molecule has 1 fully saturated rings. The molecule has 1 aliphatic heterocycles. The van der Waals surface area contributed by atoms with Gasteiger partial charge in [-0.1, -0.05) is 13.3 Å². The number of carbonyl (C=O) groups is 1. The first-order valence-electron chi connectivity index (χ1n) is 8.73. The van der Waals surface area contributed by atoms with E-state index in [1.54, 1.807) is 0 Å². The van der Waals surface area contributed by atoms with Crippen molar-refractivity contribution in [2.24, 2.45) is 5.92 Å². The van der Waals surface area contributed by atoms with Crippen LogP contribution >= 0.6 is 28.3 Å². The Bertz CT molecular complexity index is 735. The van der Waals surface area contributed by atoms with Gasteiger partial charge < -0.3 is 14.8 Å². The summed E-state index contributed by atoms with van der Waals surface area (Å²) in [4.78, 5) is 16.7. The van der Waals surface area contributed by atoms with Crippen molar-refractivity contribution in [2.45, 2.75) is 45.6 Å². The monoisotopic (exact) mass is 440 g/mol. The molecule has 0 spiro atoms. The fraction of sp³-hybridized carbons (Fsp3) is 0.474. The minimum Gasteiger partial charge on any atom is -0.494 e. The number of carbonyl (C=O) groups excluding carboxylic acids is 1. The number of esters is 1. The minimum absolute atomic E-state index is 0. The summed E-state index contributed by atoms with van der Waals surface area (Å²) in [5.41, 5.74) is 1.14. The summed E-state index contributed by atoms with van der Waals surface area (Å²) in [6.45, 7) is 6.66. The van der Waals surface area contributed by atoms with Crippen LogP contribution in [0.3, 0.4) is 0 Å². The highest BCUT2D eigenvalue weighted by atomic mass is 79.9. The fourth-order valence-electron chi connectivity index (χ4n) is 3.12. The number of nitrogens with zero attached hydrogens (tertiary/aromatic N) is 1. The van der Waals surface area contributed by atoms with E-state index in [4.69, 9.17) is 9.47 Å². The van der Waals surface area contributed by atoms with Crippen LogP contribution in [0.5, 0.6) is 5.75 Å². The Kier molecular flexibility index (Phi) is 7.06. The number of aromatic nitrogens is 1. The van der Waals surface area contributed by atoms with Gasteiger partial charge in [0.05, 0.1) is 18.2 Å². The Morgan fingerprint density at radius 2 is 2.08 bits per heavy atom. The van der Waals surface area contributed by atoms with Gasteiger partial charge in [-0.3, -0.25) is 4.79 Å².